The molecule has 0 aromatic rings. The van der Waals surface area contributed by atoms with Gasteiger partial charge in [-0.3, -0.25) is 0 Å². The Bertz CT molecular complexity index is 94.5. The third kappa shape index (κ3) is 1.93. The van der Waals surface area contributed by atoms with Crippen molar-refractivity contribution in [2.24, 2.45) is 0 Å². The topological polar surface area (TPSA) is 38.7 Å². The minimum atomic E-state index is 0.147. The van der Waals surface area contributed by atoms with Crippen LogP contribution in [0.1, 0.15) is 6.42 Å². The van der Waals surface area contributed by atoms with E-state index in [1.807, 2.05) is 0 Å². The Kier molecular flexibility index (Phi) is 2.39. The average Bonchev–Trinajstić information content (AvgIpc) is 2.34. The van der Waals surface area contributed by atoms with Crippen molar-refractivity contribution in [2.45, 2.75) is 12.5 Å². The SMILES string of the molecule is O/C=C/OC1CCOC1. The fourth-order valence-electron chi connectivity index (χ4n) is 0.766. The van der Waals surface area contributed by atoms with Crippen molar-refractivity contribution in [2.75, 3.05) is 13.2 Å². The zero-order valence-electron chi connectivity index (χ0n) is 5.12. The van der Waals surface area contributed by atoms with Crippen LogP contribution in [0.5, 0.6) is 0 Å². The summed E-state index contributed by atoms with van der Waals surface area (Å²) in [5.74, 6) is 0. The molecule has 1 fully saturated rings. The van der Waals surface area contributed by atoms with Crippen molar-refractivity contribution in [1.82, 2.24) is 0 Å². The summed E-state index contributed by atoms with van der Waals surface area (Å²) in [5.41, 5.74) is 0. The molecule has 1 aliphatic rings. The monoisotopic (exact) mass is 130 g/mol. The maximum Gasteiger partial charge on any atom is 0.123 e. The molecule has 0 bridgehead atoms. The molecule has 1 heterocycles. The van der Waals surface area contributed by atoms with Gasteiger partial charge in [0.2, 0.25) is 0 Å². The van der Waals surface area contributed by atoms with Crippen LogP contribution in [0.4, 0.5) is 0 Å². The molecule has 1 N–H and O–H groups in total. The van der Waals surface area contributed by atoms with Crippen LogP contribution in [0.25, 0.3) is 0 Å². The Morgan fingerprint density at radius 1 is 1.67 bits per heavy atom. The summed E-state index contributed by atoms with van der Waals surface area (Å²) in [4.78, 5) is 0. The van der Waals surface area contributed by atoms with E-state index in [0.717, 1.165) is 19.3 Å². The van der Waals surface area contributed by atoms with Crippen molar-refractivity contribution in [3.05, 3.63) is 12.5 Å². The lowest BCUT2D eigenvalue weighted by molar-refractivity contribution is 0.107. The molecule has 0 aromatic heterocycles. The van der Waals surface area contributed by atoms with Gasteiger partial charge in [-0.05, 0) is 0 Å². The smallest absolute Gasteiger partial charge is 0.123 e. The molecule has 52 valence electrons. The number of hydrogen-bond acceptors (Lipinski definition) is 3. The molecule has 0 aliphatic carbocycles. The fourth-order valence-corrected chi connectivity index (χ4v) is 0.766. The van der Waals surface area contributed by atoms with Crippen LogP contribution in [0.3, 0.4) is 0 Å². The molecule has 0 radical (unpaired) electrons. The fraction of sp³-hybridized carbons (Fsp3) is 0.667. The molecular formula is C6H10O3. The standard InChI is InChI=1S/C6H10O3/c7-2-4-9-6-1-3-8-5-6/h2,4,6-7H,1,3,5H2/b4-2+. The predicted octanol–water partition coefficient (Wildman–Crippen LogP) is 0.821. The summed E-state index contributed by atoms with van der Waals surface area (Å²) >= 11 is 0. The Balaban J connectivity index is 2.11. The van der Waals surface area contributed by atoms with E-state index in [4.69, 9.17) is 14.6 Å². The van der Waals surface area contributed by atoms with Crippen LogP contribution in [0.2, 0.25) is 0 Å². The second kappa shape index (κ2) is 3.35. The van der Waals surface area contributed by atoms with Crippen LogP contribution in [0, 0.1) is 0 Å². The molecule has 0 saturated carbocycles. The lowest BCUT2D eigenvalue weighted by Crippen LogP contribution is -2.07. The van der Waals surface area contributed by atoms with E-state index in [1.165, 1.54) is 6.26 Å². The molecule has 1 unspecified atom stereocenters. The second-order valence-electron chi connectivity index (χ2n) is 1.91. The van der Waals surface area contributed by atoms with E-state index in [9.17, 15) is 0 Å². The zero-order chi connectivity index (χ0) is 6.53. The van der Waals surface area contributed by atoms with Crippen LogP contribution < -0.4 is 0 Å². The molecule has 3 heteroatoms. The molecule has 1 aliphatic heterocycles. The highest BCUT2D eigenvalue weighted by Gasteiger charge is 2.14. The van der Waals surface area contributed by atoms with E-state index >= 15 is 0 Å². The van der Waals surface area contributed by atoms with Gasteiger partial charge in [-0.15, -0.1) is 0 Å². The van der Waals surface area contributed by atoms with Crippen LogP contribution in [-0.2, 0) is 9.47 Å². The first-order valence-electron chi connectivity index (χ1n) is 2.96. The summed E-state index contributed by atoms with van der Waals surface area (Å²) < 4.78 is 10.0. The van der Waals surface area contributed by atoms with Crippen molar-refractivity contribution in [1.29, 1.82) is 0 Å². The number of ether oxygens (including phenoxy) is 2. The van der Waals surface area contributed by atoms with Crippen LogP contribution >= 0.6 is 0 Å². The maximum absolute atomic E-state index is 8.18. The Hall–Kier alpha value is -0.700. The quantitative estimate of drug-likeness (QED) is 0.562. The highest BCUT2D eigenvalue weighted by molar-refractivity contribution is 4.68. The molecule has 1 atom stereocenters. The van der Waals surface area contributed by atoms with Crippen molar-refractivity contribution in [3.8, 4) is 0 Å². The minimum Gasteiger partial charge on any atom is -0.512 e. The van der Waals surface area contributed by atoms with E-state index in [0.29, 0.717) is 6.61 Å². The third-order valence-corrected chi connectivity index (χ3v) is 1.22. The van der Waals surface area contributed by atoms with E-state index in [1.54, 1.807) is 0 Å². The van der Waals surface area contributed by atoms with Crippen LogP contribution in [-0.4, -0.2) is 24.4 Å². The van der Waals surface area contributed by atoms with Crippen LogP contribution in [0.15, 0.2) is 12.5 Å². The first kappa shape index (κ1) is 6.42. The van der Waals surface area contributed by atoms with Gasteiger partial charge >= 0.3 is 0 Å². The first-order chi connectivity index (χ1) is 4.43. The number of hydrogen-bond donors (Lipinski definition) is 1. The summed E-state index contributed by atoms with van der Waals surface area (Å²) in [6.45, 7) is 1.41. The molecule has 0 spiro atoms. The highest BCUT2D eigenvalue weighted by atomic mass is 16.5. The van der Waals surface area contributed by atoms with Gasteiger partial charge in [0.25, 0.3) is 0 Å². The Morgan fingerprint density at radius 2 is 2.56 bits per heavy atom. The largest absolute Gasteiger partial charge is 0.512 e. The average molecular weight is 130 g/mol. The van der Waals surface area contributed by atoms with Gasteiger partial charge in [0, 0.05) is 6.42 Å². The summed E-state index contributed by atoms with van der Waals surface area (Å²) in [6.07, 6.45) is 3.23. The first-order valence-corrected chi connectivity index (χ1v) is 2.96. The third-order valence-electron chi connectivity index (χ3n) is 1.22. The number of aliphatic hydroxyl groups excluding tert-OH is 1. The second-order valence-corrected chi connectivity index (χ2v) is 1.91. The summed E-state index contributed by atoms with van der Waals surface area (Å²) in [5, 5.41) is 8.18. The Labute approximate surface area is 53.9 Å². The Morgan fingerprint density at radius 3 is 3.11 bits per heavy atom. The lowest BCUT2D eigenvalue weighted by Gasteiger charge is -2.04. The number of aliphatic hydroxyl groups is 1. The predicted molar refractivity (Wildman–Crippen MR) is 32.1 cm³/mol. The maximum atomic E-state index is 8.18. The zero-order valence-corrected chi connectivity index (χ0v) is 5.12. The molecule has 0 aromatic carbocycles. The normalized spacial score (nSPS) is 27.3. The van der Waals surface area contributed by atoms with Crippen molar-refractivity contribution in [3.63, 3.8) is 0 Å². The molecular weight excluding hydrogens is 120 g/mol. The van der Waals surface area contributed by atoms with Gasteiger partial charge in [-0.2, -0.15) is 0 Å². The van der Waals surface area contributed by atoms with Crippen molar-refractivity contribution >= 4 is 0 Å². The van der Waals surface area contributed by atoms with Crippen molar-refractivity contribution < 1.29 is 14.6 Å². The van der Waals surface area contributed by atoms with Gasteiger partial charge in [0.15, 0.2) is 0 Å². The van der Waals surface area contributed by atoms with E-state index in [2.05, 4.69) is 0 Å². The van der Waals surface area contributed by atoms with Gasteiger partial charge in [-0.1, -0.05) is 0 Å². The lowest BCUT2D eigenvalue weighted by atomic mass is 10.3. The summed E-state index contributed by atoms with van der Waals surface area (Å²) in [6, 6.07) is 0. The number of rotatable bonds is 2. The minimum absolute atomic E-state index is 0.147. The van der Waals surface area contributed by atoms with E-state index < -0.39 is 0 Å². The van der Waals surface area contributed by atoms with E-state index in [-0.39, 0.29) is 6.10 Å². The molecule has 9 heavy (non-hydrogen) atoms. The highest BCUT2D eigenvalue weighted by Crippen LogP contribution is 2.07. The molecule has 1 rings (SSSR count). The van der Waals surface area contributed by atoms with Gasteiger partial charge < -0.3 is 14.6 Å². The van der Waals surface area contributed by atoms with Gasteiger partial charge in [0.1, 0.15) is 18.6 Å². The summed E-state index contributed by atoms with van der Waals surface area (Å²) in [7, 11) is 0. The molecule has 0 amide bonds. The molecule has 3 nitrogen and oxygen atoms in total. The van der Waals surface area contributed by atoms with Gasteiger partial charge in [-0.25, -0.2) is 0 Å². The van der Waals surface area contributed by atoms with Gasteiger partial charge in [0.05, 0.1) is 13.2 Å². The molecule has 1 saturated heterocycles.